The maximum atomic E-state index is 11.6. The van der Waals surface area contributed by atoms with E-state index in [1.165, 1.54) is 11.8 Å². The molecule has 0 N–H and O–H groups in total. The number of amides is 1. The number of para-hydroxylation sites is 1. The van der Waals surface area contributed by atoms with E-state index in [9.17, 15) is 4.79 Å². The molecule has 1 aromatic rings. The van der Waals surface area contributed by atoms with Crippen LogP contribution in [0.2, 0.25) is 0 Å². The zero-order chi connectivity index (χ0) is 12.1. The molecule has 1 amide bonds. The summed E-state index contributed by atoms with van der Waals surface area (Å²) in [7, 11) is 0. The zero-order valence-corrected chi connectivity index (χ0v) is 10.0. The Labute approximate surface area is 102 Å². The molecule has 0 bridgehead atoms. The maximum Gasteiger partial charge on any atom is 0.246 e. The van der Waals surface area contributed by atoms with E-state index in [4.69, 9.17) is 0 Å². The van der Waals surface area contributed by atoms with Crippen molar-refractivity contribution in [2.24, 2.45) is 0 Å². The number of carbonyl (C=O) groups excluding carboxylic acids is 1. The average molecular weight is 230 g/mol. The van der Waals surface area contributed by atoms with Gasteiger partial charge in [-0.05, 0) is 24.6 Å². The number of nitrogens with zero attached hydrogens (tertiary/aromatic N) is 2. The Bertz CT molecular complexity index is 388. The van der Waals surface area contributed by atoms with Crippen molar-refractivity contribution in [2.45, 2.75) is 6.42 Å². The van der Waals surface area contributed by atoms with Crippen molar-refractivity contribution in [2.75, 3.05) is 31.1 Å². The first-order chi connectivity index (χ1) is 8.31. The predicted molar refractivity (Wildman–Crippen MR) is 70.0 cm³/mol. The average Bonchev–Trinajstić information content (AvgIpc) is 2.64. The number of hydrogen-bond acceptors (Lipinski definition) is 2. The standard InChI is InChI=1S/C14H18N2O/c1-2-14(17)16-10-6-9-15(11-12-16)13-7-4-3-5-8-13/h2-5,7-8H,1,6,9-12H2. The minimum absolute atomic E-state index is 0.0416. The van der Waals surface area contributed by atoms with Crippen LogP contribution in [0.5, 0.6) is 0 Å². The molecule has 1 heterocycles. The molecule has 90 valence electrons. The van der Waals surface area contributed by atoms with Crippen LogP contribution in [0.4, 0.5) is 5.69 Å². The van der Waals surface area contributed by atoms with Gasteiger partial charge in [-0.25, -0.2) is 0 Å². The Morgan fingerprint density at radius 3 is 2.59 bits per heavy atom. The van der Waals surface area contributed by atoms with E-state index in [1.807, 2.05) is 23.1 Å². The van der Waals surface area contributed by atoms with Gasteiger partial charge in [-0.15, -0.1) is 0 Å². The molecule has 3 heteroatoms. The second-order valence-corrected chi connectivity index (χ2v) is 4.21. The number of benzene rings is 1. The second kappa shape index (κ2) is 5.53. The molecule has 1 aromatic carbocycles. The summed E-state index contributed by atoms with van der Waals surface area (Å²) in [5.74, 6) is 0.0416. The molecule has 0 aliphatic carbocycles. The molecule has 0 unspecified atom stereocenters. The van der Waals surface area contributed by atoms with Crippen molar-refractivity contribution < 1.29 is 4.79 Å². The van der Waals surface area contributed by atoms with E-state index in [1.54, 1.807) is 0 Å². The van der Waals surface area contributed by atoms with Gasteiger partial charge in [-0.1, -0.05) is 24.8 Å². The van der Waals surface area contributed by atoms with Gasteiger partial charge >= 0.3 is 0 Å². The lowest BCUT2D eigenvalue weighted by Crippen LogP contribution is -2.34. The lowest BCUT2D eigenvalue weighted by Gasteiger charge is -2.23. The highest BCUT2D eigenvalue weighted by molar-refractivity contribution is 5.87. The fourth-order valence-electron chi connectivity index (χ4n) is 2.16. The third kappa shape index (κ3) is 2.87. The lowest BCUT2D eigenvalue weighted by molar-refractivity contribution is -0.125. The van der Waals surface area contributed by atoms with Crippen LogP contribution in [0.15, 0.2) is 43.0 Å². The highest BCUT2D eigenvalue weighted by Gasteiger charge is 2.17. The van der Waals surface area contributed by atoms with Crippen LogP contribution in [0, 0.1) is 0 Å². The van der Waals surface area contributed by atoms with Gasteiger partial charge in [0.2, 0.25) is 5.91 Å². The monoisotopic (exact) mass is 230 g/mol. The summed E-state index contributed by atoms with van der Waals surface area (Å²) in [6, 6.07) is 10.4. The SMILES string of the molecule is C=CC(=O)N1CCCN(c2ccccc2)CC1. The van der Waals surface area contributed by atoms with Gasteiger partial charge in [0, 0.05) is 31.9 Å². The van der Waals surface area contributed by atoms with Gasteiger partial charge in [0.1, 0.15) is 0 Å². The molecule has 1 fully saturated rings. The third-order valence-electron chi connectivity index (χ3n) is 3.10. The topological polar surface area (TPSA) is 23.6 Å². The summed E-state index contributed by atoms with van der Waals surface area (Å²) >= 11 is 0. The van der Waals surface area contributed by atoms with Crippen LogP contribution in [0.1, 0.15) is 6.42 Å². The van der Waals surface area contributed by atoms with Crippen LogP contribution in [-0.4, -0.2) is 37.0 Å². The zero-order valence-electron chi connectivity index (χ0n) is 10.0. The molecule has 0 atom stereocenters. The highest BCUT2D eigenvalue weighted by Crippen LogP contribution is 2.15. The summed E-state index contributed by atoms with van der Waals surface area (Å²) in [5.41, 5.74) is 1.24. The van der Waals surface area contributed by atoms with Crippen molar-refractivity contribution in [3.05, 3.63) is 43.0 Å². The normalized spacial score (nSPS) is 16.5. The Morgan fingerprint density at radius 2 is 1.88 bits per heavy atom. The predicted octanol–water partition coefficient (Wildman–Crippen LogP) is 1.91. The maximum absolute atomic E-state index is 11.6. The molecule has 0 radical (unpaired) electrons. The van der Waals surface area contributed by atoms with Crippen molar-refractivity contribution >= 4 is 11.6 Å². The smallest absolute Gasteiger partial charge is 0.246 e. The van der Waals surface area contributed by atoms with Crippen LogP contribution >= 0.6 is 0 Å². The minimum Gasteiger partial charge on any atom is -0.370 e. The molecule has 0 saturated carbocycles. The van der Waals surface area contributed by atoms with Crippen LogP contribution in [0.3, 0.4) is 0 Å². The highest BCUT2D eigenvalue weighted by atomic mass is 16.2. The van der Waals surface area contributed by atoms with Crippen LogP contribution in [-0.2, 0) is 4.79 Å². The molecule has 17 heavy (non-hydrogen) atoms. The molecular weight excluding hydrogens is 212 g/mol. The molecular formula is C14H18N2O. The second-order valence-electron chi connectivity index (χ2n) is 4.21. The molecule has 1 aliphatic heterocycles. The van der Waals surface area contributed by atoms with E-state index >= 15 is 0 Å². The summed E-state index contributed by atoms with van der Waals surface area (Å²) in [4.78, 5) is 15.8. The fourth-order valence-corrected chi connectivity index (χ4v) is 2.16. The van der Waals surface area contributed by atoms with Crippen molar-refractivity contribution in [1.29, 1.82) is 0 Å². The van der Waals surface area contributed by atoms with E-state index < -0.39 is 0 Å². The van der Waals surface area contributed by atoms with E-state index in [-0.39, 0.29) is 5.91 Å². The van der Waals surface area contributed by atoms with E-state index in [0.717, 1.165) is 32.6 Å². The summed E-state index contributed by atoms with van der Waals surface area (Å²) in [6.45, 7) is 7.04. The fraction of sp³-hybridized carbons (Fsp3) is 0.357. The van der Waals surface area contributed by atoms with Crippen molar-refractivity contribution in [3.8, 4) is 0 Å². The van der Waals surface area contributed by atoms with Crippen LogP contribution in [0.25, 0.3) is 0 Å². The van der Waals surface area contributed by atoms with Crippen molar-refractivity contribution in [1.82, 2.24) is 4.90 Å². The Hall–Kier alpha value is -1.77. The first kappa shape index (κ1) is 11.7. The third-order valence-corrected chi connectivity index (χ3v) is 3.10. The van der Waals surface area contributed by atoms with Gasteiger partial charge in [0.05, 0.1) is 0 Å². The van der Waals surface area contributed by atoms with Crippen LogP contribution < -0.4 is 4.90 Å². The van der Waals surface area contributed by atoms with E-state index in [2.05, 4.69) is 23.6 Å². The van der Waals surface area contributed by atoms with Crippen molar-refractivity contribution in [3.63, 3.8) is 0 Å². The molecule has 0 spiro atoms. The molecule has 0 aromatic heterocycles. The van der Waals surface area contributed by atoms with Gasteiger partial charge in [-0.2, -0.15) is 0 Å². The molecule has 3 nitrogen and oxygen atoms in total. The Balaban J connectivity index is 2.01. The minimum atomic E-state index is 0.0416. The number of anilines is 1. The number of carbonyl (C=O) groups is 1. The summed E-state index contributed by atoms with van der Waals surface area (Å²) in [6.07, 6.45) is 2.41. The Morgan fingerprint density at radius 1 is 1.12 bits per heavy atom. The van der Waals surface area contributed by atoms with Gasteiger partial charge in [0.15, 0.2) is 0 Å². The summed E-state index contributed by atoms with van der Waals surface area (Å²) < 4.78 is 0. The summed E-state index contributed by atoms with van der Waals surface area (Å²) in [5, 5.41) is 0. The first-order valence-electron chi connectivity index (χ1n) is 6.02. The molecule has 1 aliphatic rings. The van der Waals surface area contributed by atoms with Gasteiger partial charge < -0.3 is 9.80 Å². The molecule has 1 saturated heterocycles. The lowest BCUT2D eigenvalue weighted by atomic mass is 10.3. The first-order valence-corrected chi connectivity index (χ1v) is 6.02. The number of hydrogen-bond donors (Lipinski definition) is 0. The quantitative estimate of drug-likeness (QED) is 0.725. The van der Waals surface area contributed by atoms with E-state index in [0.29, 0.717) is 0 Å². The number of rotatable bonds is 2. The van der Waals surface area contributed by atoms with Gasteiger partial charge in [-0.3, -0.25) is 4.79 Å². The largest absolute Gasteiger partial charge is 0.370 e. The Kier molecular flexibility index (Phi) is 3.81. The molecule has 2 rings (SSSR count). The van der Waals surface area contributed by atoms with Gasteiger partial charge in [0.25, 0.3) is 0 Å².